The SMILES string of the molecule is COC(=O)c1cc(B2OC(C)(C)C(C)(C)O2)c[nH]c1=O. The van der Waals surface area contributed by atoms with Crippen LogP contribution in [0.4, 0.5) is 0 Å². The van der Waals surface area contributed by atoms with Crippen molar-refractivity contribution >= 4 is 18.6 Å². The van der Waals surface area contributed by atoms with E-state index in [9.17, 15) is 9.59 Å². The summed E-state index contributed by atoms with van der Waals surface area (Å²) in [7, 11) is 0.587. The molecule has 1 aromatic heterocycles. The van der Waals surface area contributed by atoms with E-state index >= 15 is 0 Å². The maximum absolute atomic E-state index is 11.6. The van der Waals surface area contributed by atoms with Gasteiger partial charge in [0.05, 0.1) is 18.3 Å². The van der Waals surface area contributed by atoms with E-state index in [1.54, 1.807) is 0 Å². The Bertz CT molecular complexity index is 577. The predicted octanol–water partition coefficient (Wildman–Crippen LogP) is 0.461. The van der Waals surface area contributed by atoms with Crippen LogP contribution in [0, 0.1) is 0 Å². The van der Waals surface area contributed by atoms with E-state index < -0.39 is 29.8 Å². The van der Waals surface area contributed by atoms with Gasteiger partial charge in [-0.2, -0.15) is 0 Å². The van der Waals surface area contributed by atoms with Gasteiger partial charge in [-0.1, -0.05) is 0 Å². The Labute approximate surface area is 117 Å². The van der Waals surface area contributed by atoms with E-state index in [1.807, 2.05) is 27.7 Å². The Kier molecular flexibility index (Phi) is 3.52. The molecule has 0 radical (unpaired) electrons. The molecule has 0 aliphatic carbocycles. The highest BCUT2D eigenvalue weighted by Crippen LogP contribution is 2.36. The number of carbonyl (C=O) groups excluding carboxylic acids is 1. The number of aromatic amines is 1. The average molecular weight is 279 g/mol. The van der Waals surface area contributed by atoms with Crippen LogP contribution in [0.3, 0.4) is 0 Å². The number of carbonyl (C=O) groups is 1. The summed E-state index contributed by atoms with van der Waals surface area (Å²) in [5, 5.41) is 0. The Morgan fingerprint density at radius 1 is 1.25 bits per heavy atom. The Morgan fingerprint density at radius 3 is 2.30 bits per heavy atom. The molecule has 1 fully saturated rings. The van der Waals surface area contributed by atoms with Crippen molar-refractivity contribution in [3.8, 4) is 0 Å². The summed E-state index contributed by atoms with van der Waals surface area (Å²) in [5.74, 6) is -0.690. The van der Waals surface area contributed by atoms with Crippen LogP contribution < -0.4 is 11.0 Å². The van der Waals surface area contributed by atoms with E-state index in [-0.39, 0.29) is 5.56 Å². The van der Waals surface area contributed by atoms with Gasteiger partial charge in [0.15, 0.2) is 0 Å². The molecule has 20 heavy (non-hydrogen) atoms. The maximum Gasteiger partial charge on any atom is 0.496 e. The van der Waals surface area contributed by atoms with Crippen molar-refractivity contribution in [3.05, 3.63) is 28.2 Å². The Balaban J connectivity index is 2.37. The van der Waals surface area contributed by atoms with Crippen LogP contribution in [0.5, 0.6) is 0 Å². The van der Waals surface area contributed by atoms with Gasteiger partial charge in [0.25, 0.3) is 5.56 Å². The summed E-state index contributed by atoms with van der Waals surface area (Å²) >= 11 is 0. The zero-order valence-corrected chi connectivity index (χ0v) is 12.3. The third-order valence-electron chi connectivity index (χ3n) is 3.86. The number of pyridine rings is 1. The fraction of sp³-hybridized carbons (Fsp3) is 0.538. The van der Waals surface area contributed by atoms with Crippen LogP contribution in [-0.4, -0.2) is 36.4 Å². The molecule has 7 heteroatoms. The van der Waals surface area contributed by atoms with Gasteiger partial charge in [0, 0.05) is 6.20 Å². The number of methoxy groups -OCH3 is 1. The van der Waals surface area contributed by atoms with E-state index in [0.29, 0.717) is 5.46 Å². The molecule has 0 bridgehead atoms. The Morgan fingerprint density at radius 2 is 1.80 bits per heavy atom. The summed E-state index contributed by atoms with van der Waals surface area (Å²) in [6.45, 7) is 7.72. The molecule has 0 saturated carbocycles. The first-order valence-electron chi connectivity index (χ1n) is 6.34. The van der Waals surface area contributed by atoms with Crippen LogP contribution in [-0.2, 0) is 14.0 Å². The summed E-state index contributed by atoms with van der Waals surface area (Å²) in [5.41, 5.74) is -0.973. The quantitative estimate of drug-likeness (QED) is 0.628. The highest BCUT2D eigenvalue weighted by Gasteiger charge is 2.51. The minimum Gasteiger partial charge on any atom is -0.465 e. The van der Waals surface area contributed by atoms with Crippen LogP contribution in [0.15, 0.2) is 17.1 Å². The molecule has 2 heterocycles. The monoisotopic (exact) mass is 279 g/mol. The number of nitrogens with one attached hydrogen (secondary N) is 1. The normalized spacial score (nSPS) is 19.9. The van der Waals surface area contributed by atoms with Gasteiger partial charge in [-0.3, -0.25) is 4.79 Å². The number of H-pyrrole nitrogens is 1. The molecule has 1 saturated heterocycles. The molecule has 1 N–H and O–H groups in total. The molecule has 1 aliphatic heterocycles. The lowest BCUT2D eigenvalue weighted by molar-refractivity contribution is 0.00578. The van der Waals surface area contributed by atoms with E-state index in [0.717, 1.165) is 0 Å². The number of rotatable bonds is 2. The predicted molar refractivity (Wildman–Crippen MR) is 74.1 cm³/mol. The first-order chi connectivity index (χ1) is 9.18. The molecule has 1 aliphatic rings. The maximum atomic E-state index is 11.6. The fourth-order valence-electron chi connectivity index (χ4n) is 1.88. The molecule has 6 nitrogen and oxygen atoms in total. The summed E-state index contributed by atoms with van der Waals surface area (Å²) < 4.78 is 16.3. The second-order valence-electron chi connectivity index (χ2n) is 5.76. The van der Waals surface area contributed by atoms with Crippen molar-refractivity contribution in [2.45, 2.75) is 38.9 Å². The minimum absolute atomic E-state index is 0.0697. The van der Waals surface area contributed by atoms with Gasteiger partial charge in [-0.15, -0.1) is 0 Å². The molecular weight excluding hydrogens is 261 g/mol. The summed E-state index contributed by atoms with van der Waals surface area (Å²) in [6, 6.07) is 1.44. The molecule has 0 amide bonds. The van der Waals surface area contributed by atoms with Crippen LogP contribution in [0.2, 0.25) is 0 Å². The molecule has 108 valence electrons. The number of esters is 1. The summed E-state index contributed by atoms with van der Waals surface area (Å²) in [4.78, 5) is 25.6. The number of ether oxygens (including phenoxy) is 1. The third-order valence-corrected chi connectivity index (χ3v) is 3.86. The lowest BCUT2D eigenvalue weighted by Gasteiger charge is -2.32. The van der Waals surface area contributed by atoms with Crippen molar-refractivity contribution in [2.75, 3.05) is 7.11 Å². The molecule has 0 spiro atoms. The van der Waals surface area contributed by atoms with E-state index in [4.69, 9.17) is 9.31 Å². The molecule has 1 aromatic rings. The first kappa shape index (κ1) is 14.8. The third kappa shape index (κ3) is 2.38. The highest BCUT2D eigenvalue weighted by molar-refractivity contribution is 6.62. The van der Waals surface area contributed by atoms with Crippen molar-refractivity contribution in [1.29, 1.82) is 0 Å². The largest absolute Gasteiger partial charge is 0.496 e. The highest BCUT2D eigenvalue weighted by atomic mass is 16.7. The van der Waals surface area contributed by atoms with Crippen molar-refractivity contribution in [2.24, 2.45) is 0 Å². The van der Waals surface area contributed by atoms with Crippen LogP contribution in [0.25, 0.3) is 0 Å². The van der Waals surface area contributed by atoms with Gasteiger partial charge >= 0.3 is 13.1 Å². The first-order valence-corrected chi connectivity index (χ1v) is 6.34. The van der Waals surface area contributed by atoms with Gasteiger partial charge in [0.2, 0.25) is 0 Å². The van der Waals surface area contributed by atoms with Crippen molar-refractivity contribution in [3.63, 3.8) is 0 Å². The van der Waals surface area contributed by atoms with Crippen LogP contribution >= 0.6 is 0 Å². The molecule has 0 atom stereocenters. The number of hydrogen-bond donors (Lipinski definition) is 1. The zero-order chi connectivity index (χ0) is 15.1. The van der Waals surface area contributed by atoms with Gasteiger partial charge in [0.1, 0.15) is 5.56 Å². The number of aromatic nitrogens is 1. The standard InChI is InChI=1S/C13H18BNO5/c1-12(2)13(3,4)20-14(19-12)8-6-9(11(17)18-5)10(16)15-7-8/h6-7H,1-5H3,(H,15,16). The van der Waals surface area contributed by atoms with E-state index in [2.05, 4.69) is 9.72 Å². The second-order valence-corrected chi connectivity index (χ2v) is 5.76. The fourth-order valence-corrected chi connectivity index (χ4v) is 1.88. The van der Waals surface area contributed by atoms with Crippen molar-refractivity contribution < 1.29 is 18.8 Å². The van der Waals surface area contributed by atoms with Gasteiger partial charge in [-0.25, -0.2) is 4.79 Å². The van der Waals surface area contributed by atoms with E-state index in [1.165, 1.54) is 19.4 Å². The second kappa shape index (κ2) is 4.75. The van der Waals surface area contributed by atoms with Crippen molar-refractivity contribution in [1.82, 2.24) is 4.98 Å². The number of hydrogen-bond acceptors (Lipinski definition) is 5. The van der Waals surface area contributed by atoms with Crippen LogP contribution in [0.1, 0.15) is 38.1 Å². The Hall–Kier alpha value is -1.60. The van der Waals surface area contributed by atoms with Gasteiger partial charge in [-0.05, 0) is 39.2 Å². The summed E-state index contributed by atoms with van der Waals surface area (Å²) in [6.07, 6.45) is 1.48. The molecular formula is C13H18BNO5. The molecule has 0 unspecified atom stereocenters. The average Bonchev–Trinajstić information content (AvgIpc) is 2.58. The minimum atomic E-state index is -0.690. The lowest BCUT2D eigenvalue weighted by atomic mass is 9.80. The molecule has 2 rings (SSSR count). The smallest absolute Gasteiger partial charge is 0.465 e. The van der Waals surface area contributed by atoms with Gasteiger partial charge < -0.3 is 19.0 Å². The topological polar surface area (TPSA) is 77.6 Å². The zero-order valence-electron chi connectivity index (χ0n) is 12.3. The molecule has 0 aromatic carbocycles. The lowest BCUT2D eigenvalue weighted by Crippen LogP contribution is -2.41.